The topological polar surface area (TPSA) is 110 Å². The number of halogens is 3. The molecule has 4 rings (SSSR count). The van der Waals surface area contributed by atoms with Crippen molar-refractivity contribution in [2.45, 2.75) is 58.0 Å². The zero-order valence-electron chi connectivity index (χ0n) is 21.1. The van der Waals surface area contributed by atoms with Gasteiger partial charge in [-0.2, -0.15) is 18.3 Å². The summed E-state index contributed by atoms with van der Waals surface area (Å²) in [5.74, 6) is -0.852. The Morgan fingerprint density at radius 3 is 2.38 bits per heavy atom. The largest absolute Gasteiger partial charge is 0.444 e. The van der Waals surface area contributed by atoms with Gasteiger partial charge in [-0.05, 0) is 58.9 Å². The van der Waals surface area contributed by atoms with Crippen LogP contribution >= 0.6 is 0 Å². The number of nitrogens with zero attached hydrogens (tertiary/aromatic N) is 4. The number of hydrogen-bond acceptors (Lipinski definition) is 6. The van der Waals surface area contributed by atoms with E-state index in [9.17, 15) is 27.9 Å². The van der Waals surface area contributed by atoms with E-state index < -0.39 is 40.8 Å². The summed E-state index contributed by atoms with van der Waals surface area (Å²) < 4.78 is 46.2. The van der Waals surface area contributed by atoms with E-state index in [1.54, 1.807) is 48.7 Å². The van der Waals surface area contributed by atoms with Crippen molar-refractivity contribution in [3.63, 3.8) is 0 Å². The number of aromatic nitrogens is 3. The van der Waals surface area contributed by atoms with E-state index in [0.29, 0.717) is 29.6 Å². The first-order valence-electron chi connectivity index (χ1n) is 11.6. The van der Waals surface area contributed by atoms with Gasteiger partial charge in [0, 0.05) is 35.9 Å². The van der Waals surface area contributed by atoms with Crippen LogP contribution in [0.25, 0.3) is 10.9 Å². The SMILES string of the molecule is CC(C)(C)OC(=O)N1CC(n2cc3cc(NC(=O)c4cccc(C(F)(F)F)n4)c(C(C)(C)O)cc3n2)C1. The molecule has 1 fully saturated rings. The van der Waals surface area contributed by atoms with E-state index in [4.69, 9.17) is 4.74 Å². The number of ether oxygens (including phenoxy) is 1. The Bertz CT molecular complexity index is 1350. The van der Waals surface area contributed by atoms with Crippen molar-refractivity contribution < 1.29 is 32.6 Å². The van der Waals surface area contributed by atoms with Crippen molar-refractivity contribution in [1.82, 2.24) is 19.7 Å². The fourth-order valence-corrected chi connectivity index (χ4v) is 3.89. The van der Waals surface area contributed by atoms with E-state index in [2.05, 4.69) is 15.4 Å². The minimum Gasteiger partial charge on any atom is -0.444 e. The first-order valence-corrected chi connectivity index (χ1v) is 11.6. The fourth-order valence-electron chi connectivity index (χ4n) is 3.89. The normalized spacial score (nSPS) is 15.0. The van der Waals surface area contributed by atoms with Crippen LogP contribution in [0.4, 0.5) is 23.7 Å². The van der Waals surface area contributed by atoms with Gasteiger partial charge < -0.3 is 20.1 Å². The van der Waals surface area contributed by atoms with Crippen molar-refractivity contribution in [3.05, 3.63) is 53.5 Å². The summed E-state index contributed by atoms with van der Waals surface area (Å²) in [7, 11) is 0. The maximum Gasteiger partial charge on any atom is 0.433 e. The highest BCUT2D eigenvalue weighted by molar-refractivity contribution is 6.04. The van der Waals surface area contributed by atoms with E-state index in [1.807, 2.05) is 0 Å². The number of nitrogens with one attached hydrogen (secondary N) is 1. The zero-order chi connectivity index (χ0) is 27.3. The number of carbonyl (C=O) groups excluding carboxylic acids is 2. The quantitative estimate of drug-likeness (QED) is 0.516. The third kappa shape index (κ3) is 5.85. The molecule has 0 atom stereocenters. The Kier molecular flexibility index (Phi) is 6.43. The molecule has 2 N–H and O–H groups in total. The summed E-state index contributed by atoms with van der Waals surface area (Å²) in [5.41, 5.74) is -2.50. The number of likely N-dealkylation sites (tertiary alicyclic amines) is 1. The summed E-state index contributed by atoms with van der Waals surface area (Å²) in [6.07, 6.45) is -3.35. The van der Waals surface area contributed by atoms with Gasteiger partial charge in [-0.3, -0.25) is 9.48 Å². The van der Waals surface area contributed by atoms with Gasteiger partial charge in [-0.15, -0.1) is 0 Å². The molecule has 3 aromatic rings. The molecule has 1 saturated heterocycles. The number of carbonyl (C=O) groups is 2. The Hall–Kier alpha value is -3.67. The lowest BCUT2D eigenvalue weighted by Crippen LogP contribution is -2.52. The molecule has 198 valence electrons. The summed E-state index contributed by atoms with van der Waals surface area (Å²) in [6, 6.07) is 6.20. The predicted molar refractivity (Wildman–Crippen MR) is 129 cm³/mol. The second kappa shape index (κ2) is 9.02. The average Bonchev–Trinajstić information content (AvgIpc) is 3.11. The predicted octanol–water partition coefficient (Wildman–Crippen LogP) is 4.72. The van der Waals surface area contributed by atoms with Crippen molar-refractivity contribution >= 4 is 28.6 Å². The fraction of sp³-hybridized carbons (Fsp3) is 0.440. The number of anilines is 1. The van der Waals surface area contributed by atoms with Gasteiger partial charge in [-0.25, -0.2) is 9.78 Å². The number of pyridine rings is 1. The van der Waals surface area contributed by atoms with Crippen molar-refractivity contribution in [1.29, 1.82) is 0 Å². The van der Waals surface area contributed by atoms with E-state index >= 15 is 0 Å². The van der Waals surface area contributed by atoms with Crippen LogP contribution in [-0.4, -0.2) is 55.5 Å². The second-order valence-electron chi connectivity index (χ2n) is 10.5. The highest BCUT2D eigenvalue weighted by Gasteiger charge is 2.36. The van der Waals surface area contributed by atoms with Gasteiger partial charge >= 0.3 is 12.3 Å². The van der Waals surface area contributed by atoms with Crippen LogP contribution in [-0.2, 0) is 16.5 Å². The van der Waals surface area contributed by atoms with Crippen LogP contribution in [0.5, 0.6) is 0 Å². The Balaban J connectivity index is 1.58. The van der Waals surface area contributed by atoms with Crippen LogP contribution in [0.1, 0.15) is 62.4 Å². The molecule has 0 bridgehead atoms. The summed E-state index contributed by atoms with van der Waals surface area (Å²) in [4.78, 5) is 30.0. The van der Waals surface area contributed by atoms with Gasteiger partial charge in [0.15, 0.2) is 0 Å². The molecule has 37 heavy (non-hydrogen) atoms. The smallest absolute Gasteiger partial charge is 0.433 e. The Morgan fingerprint density at radius 2 is 1.78 bits per heavy atom. The maximum absolute atomic E-state index is 13.0. The molecule has 0 unspecified atom stereocenters. The lowest BCUT2D eigenvalue weighted by molar-refractivity contribution is -0.141. The number of amides is 2. The molecule has 0 saturated carbocycles. The van der Waals surface area contributed by atoms with Gasteiger partial charge in [0.2, 0.25) is 0 Å². The molecular weight excluding hydrogens is 491 g/mol. The third-order valence-corrected chi connectivity index (χ3v) is 5.73. The van der Waals surface area contributed by atoms with Crippen LogP contribution in [0.2, 0.25) is 0 Å². The van der Waals surface area contributed by atoms with Crippen LogP contribution < -0.4 is 5.32 Å². The third-order valence-electron chi connectivity index (χ3n) is 5.73. The Morgan fingerprint density at radius 1 is 1.11 bits per heavy atom. The molecule has 0 radical (unpaired) electrons. The average molecular weight is 520 g/mol. The van der Waals surface area contributed by atoms with Crippen molar-refractivity contribution in [2.75, 3.05) is 18.4 Å². The molecule has 1 aromatic carbocycles. The number of benzene rings is 1. The van der Waals surface area contributed by atoms with E-state index in [0.717, 1.165) is 12.1 Å². The standard InChI is InChI=1S/C25H28F3N5O4/c1-23(2,3)37-22(35)32-12-15(13-32)33-11-14-9-19(16(24(4,5)36)10-18(14)31-33)30-21(34)17-7-6-8-20(29-17)25(26,27)28/h6-11,15,36H,12-13H2,1-5H3,(H,30,34). The van der Waals surface area contributed by atoms with E-state index in [1.165, 1.54) is 19.9 Å². The number of aliphatic hydroxyl groups is 1. The van der Waals surface area contributed by atoms with Crippen molar-refractivity contribution in [2.24, 2.45) is 0 Å². The number of alkyl halides is 3. The maximum atomic E-state index is 13.0. The molecular formula is C25H28F3N5O4. The summed E-state index contributed by atoms with van der Waals surface area (Å²) >= 11 is 0. The minimum absolute atomic E-state index is 0.0853. The summed E-state index contributed by atoms with van der Waals surface area (Å²) in [5, 5.41) is 18.5. The molecule has 9 nitrogen and oxygen atoms in total. The Labute approximate surface area is 211 Å². The highest BCUT2D eigenvalue weighted by atomic mass is 19.4. The number of rotatable bonds is 4. The molecule has 1 aliphatic heterocycles. The highest BCUT2D eigenvalue weighted by Crippen LogP contribution is 2.34. The first-order chi connectivity index (χ1) is 17.0. The van der Waals surface area contributed by atoms with Crippen LogP contribution in [0, 0.1) is 0 Å². The molecule has 0 spiro atoms. The molecule has 3 heterocycles. The molecule has 0 aliphatic carbocycles. The van der Waals surface area contributed by atoms with Gasteiger partial charge in [0.1, 0.15) is 17.0 Å². The lowest BCUT2D eigenvalue weighted by Gasteiger charge is -2.39. The number of hydrogen-bond donors (Lipinski definition) is 2. The molecule has 12 heteroatoms. The first kappa shape index (κ1) is 26.4. The number of fused-ring (bicyclic) bond motifs is 1. The van der Waals surface area contributed by atoms with Gasteiger partial charge in [0.05, 0.1) is 17.2 Å². The van der Waals surface area contributed by atoms with Crippen molar-refractivity contribution in [3.8, 4) is 0 Å². The van der Waals surface area contributed by atoms with Crippen LogP contribution in [0.3, 0.4) is 0 Å². The van der Waals surface area contributed by atoms with Crippen LogP contribution in [0.15, 0.2) is 36.5 Å². The second-order valence-corrected chi connectivity index (χ2v) is 10.5. The molecule has 2 amide bonds. The van der Waals surface area contributed by atoms with E-state index in [-0.39, 0.29) is 11.7 Å². The molecule has 1 aliphatic rings. The lowest BCUT2D eigenvalue weighted by atomic mass is 9.95. The summed E-state index contributed by atoms with van der Waals surface area (Å²) in [6.45, 7) is 9.24. The monoisotopic (exact) mass is 519 g/mol. The van der Waals surface area contributed by atoms with Gasteiger partial charge in [-0.1, -0.05) is 6.07 Å². The molecule has 2 aromatic heterocycles. The minimum atomic E-state index is -4.69. The van der Waals surface area contributed by atoms with Gasteiger partial charge in [0.25, 0.3) is 5.91 Å². The zero-order valence-corrected chi connectivity index (χ0v) is 21.1.